The molecule has 0 unspecified atom stereocenters. The minimum absolute atomic E-state index is 0.0112. The molecule has 0 radical (unpaired) electrons. The van der Waals surface area contributed by atoms with E-state index in [2.05, 4.69) is 0 Å². The number of carbonyl (C=O) groups is 2. The highest BCUT2D eigenvalue weighted by Gasteiger charge is 2.39. The molecule has 0 spiro atoms. The van der Waals surface area contributed by atoms with Crippen molar-refractivity contribution in [2.45, 2.75) is 76.7 Å². The Kier molecular flexibility index (Phi) is 7.29. The molecule has 1 amide bonds. The van der Waals surface area contributed by atoms with E-state index in [1.165, 1.54) is 7.11 Å². The molecule has 0 aromatic heterocycles. The number of methoxy groups -OCH3 is 2. The summed E-state index contributed by atoms with van der Waals surface area (Å²) in [5, 5.41) is 0. The van der Waals surface area contributed by atoms with E-state index in [0.717, 1.165) is 32.1 Å². The predicted octanol–water partition coefficient (Wildman–Crippen LogP) is 2.76. The first kappa shape index (κ1) is 21.0. The van der Waals surface area contributed by atoms with Crippen LogP contribution in [0.3, 0.4) is 0 Å². The lowest BCUT2D eigenvalue weighted by molar-refractivity contribution is -0.147. The maximum Gasteiger partial charge on any atom is 0.410 e. The molecule has 2 fully saturated rings. The van der Waals surface area contributed by atoms with Crippen LogP contribution in [-0.2, 0) is 23.7 Å². The van der Waals surface area contributed by atoms with Gasteiger partial charge in [-0.2, -0.15) is 0 Å². The fourth-order valence-corrected chi connectivity index (χ4v) is 3.74. The van der Waals surface area contributed by atoms with E-state index in [1.807, 2.05) is 20.8 Å². The van der Waals surface area contributed by atoms with E-state index >= 15 is 0 Å². The number of esters is 1. The summed E-state index contributed by atoms with van der Waals surface area (Å²) in [6.07, 6.45) is 3.80. The normalized spacial score (nSPS) is 29.5. The third-order valence-electron chi connectivity index (χ3n) is 4.96. The zero-order chi connectivity index (χ0) is 19.3. The number of carbonyl (C=O) groups excluding carboxylic acids is 2. The third-order valence-corrected chi connectivity index (χ3v) is 4.96. The number of rotatable bonds is 5. The summed E-state index contributed by atoms with van der Waals surface area (Å²) in [5.74, 6) is -0.136. The topological polar surface area (TPSA) is 74.3 Å². The van der Waals surface area contributed by atoms with Crippen LogP contribution in [0.25, 0.3) is 0 Å². The van der Waals surface area contributed by atoms with Gasteiger partial charge in [0.15, 0.2) is 0 Å². The van der Waals surface area contributed by atoms with Gasteiger partial charge in [0.2, 0.25) is 0 Å². The number of likely N-dealkylation sites (tertiary alicyclic amines) is 1. The Morgan fingerprint density at radius 2 is 1.69 bits per heavy atom. The highest BCUT2D eigenvalue weighted by atomic mass is 16.6. The average molecular weight is 371 g/mol. The van der Waals surface area contributed by atoms with Crippen LogP contribution in [0.4, 0.5) is 4.79 Å². The van der Waals surface area contributed by atoms with Crippen LogP contribution in [0.2, 0.25) is 0 Å². The van der Waals surface area contributed by atoms with Crippen molar-refractivity contribution in [2.24, 2.45) is 5.92 Å². The fourth-order valence-electron chi connectivity index (χ4n) is 3.74. The Balaban J connectivity index is 1.87. The second-order valence-corrected chi connectivity index (χ2v) is 8.23. The number of hydrogen-bond acceptors (Lipinski definition) is 6. The predicted molar refractivity (Wildman–Crippen MR) is 95.9 cm³/mol. The minimum atomic E-state index is -0.528. The second-order valence-electron chi connectivity index (χ2n) is 8.23. The minimum Gasteiger partial charge on any atom is -0.469 e. The van der Waals surface area contributed by atoms with Crippen molar-refractivity contribution in [2.75, 3.05) is 27.4 Å². The van der Waals surface area contributed by atoms with Crippen LogP contribution >= 0.6 is 0 Å². The van der Waals surface area contributed by atoms with Gasteiger partial charge in [-0.3, -0.25) is 4.79 Å². The van der Waals surface area contributed by atoms with Gasteiger partial charge in [0.05, 0.1) is 44.4 Å². The van der Waals surface area contributed by atoms with Gasteiger partial charge < -0.3 is 23.8 Å². The summed E-state index contributed by atoms with van der Waals surface area (Å²) in [5.41, 5.74) is -0.528. The fraction of sp³-hybridized carbons (Fsp3) is 0.895. The molecule has 150 valence electrons. The molecule has 0 N–H and O–H groups in total. The van der Waals surface area contributed by atoms with Gasteiger partial charge in [-0.15, -0.1) is 0 Å². The van der Waals surface area contributed by atoms with Crippen molar-refractivity contribution in [1.29, 1.82) is 0 Å². The zero-order valence-electron chi connectivity index (χ0n) is 16.7. The second kappa shape index (κ2) is 9.04. The molecule has 2 atom stereocenters. The molecule has 0 aromatic carbocycles. The molecule has 26 heavy (non-hydrogen) atoms. The number of nitrogens with zero attached hydrogens (tertiary/aromatic N) is 1. The van der Waals surface area contributed by atoms with E-state index < -0.39 is 5.60 Å². The molecule has 2 aliphatic rings. The smallest absolute Gasteiger partial charge is 0.410 e. The number of amides is 1. The summed E-state index contributed by atoms with van der Waals surface area (Å²) in [6.45, 7) is 6.56. The van der Waals surface area contributed by atoms with Crippen molar-refractivity contribution in [3.05, 3.63) is 0 Å². The monoisotopic (exact) mass is 371 g/mol. The average Bonchev–Trinajstić information content (AvgIpc) is 2.96. The summed E-state index contributed by atoms with van der Waals surface area (Å²) < 4.78 is 21.9. The Bertz CT molecular complexity index is 481. The third kappa shape index (κ3) is 5.84. The summed E-state index contributed by atoms with van der Waals surface area (Å²) in [6, 6.07) is -0.0359. The SMILES string of the molecule is COC[C@@H]1C[C@@H](OC2CCC(C(=O)OC)CC2)CN1C(=O)OC(C)(C)C. The highest BCUT2D eigenvalue weighted by Crippen LogP contribution is 2.31. The molecule has 7 heteroatoms. The van der Waals surface area contributed by atoms with Crippen molar-refractivity contribution < 1.29 is 28.5 Å². The molecule has 1 saturated heterocycles. The number of hydrogen-bond donors (Lipinski definition) is 0. The molecule has 1 aliphatic heterocycles. The van der Waals surface area contributed by atoms with Gasteiger partial charge in [0.25, 0.3) is 0 Å². The van der Waals surface area contributed by atoms with Gasteiger partial charge in [-0.05, 0) is 52.9 Å². The lowest BCUT2D eigenvalue weighted by Crippen LogP contribution is -2.42. The summed E-state index contributed by atoms with van der Waals surface area (Å²) in [7, 11) is 3.07. The Morgan fingerprint density at radius 3 is 2.23 bits per heavy atom. The zero-order valence-corrected chi connectivity index (χ0v) is 16.7. The van der Waals surface area contributed by atoms with Gasteiger partial charge in [-0.25, -0.2) is 4.79 Å². The van der Waals surface area contributed by atoms with Crippen LogP contribution in [0, 0.1) is 5.92 Å². The van der Waals surface area contributed by atoms with E-state index in [4.69, 9.17) is 18.9 Å². The lowest BCUT2D eigenvalue weighted by Gasteiger charge is -2.29. The van der Waals surface area contributed by atoms with Gasteiger partial charge >= 0.3 is 12.1 Å². The molecule has 0 bridgehead atoms. The van der Waals surface area contributed by atoms with Gasteiger partial charge in [0, 0.05) is 7.11 Å². The first-order valence-corrected chi connectivity index (χ1v) is 9.45. The van der Waals surface area contributed by atoms with Gasteiger partial charge in [-0.1, -0.05) is 0 Å². The quantitative estimate of drug-likeness (QED) is 0.692. The summed E-state index contributed by atoms with van der Waals surface area (Å²) in [4.78, 5) is 25.8. The van der Waals surface area contributed by atoms with Crippen molar-refractivity contribution in [1.82, 2.24) is 4.90 Å². The Labute approximate surface area is 156 Å². The maximum absolute atomic E-state index is 12.5. The maximum atomic E-state index is 12.5. The highest BCUT2D eigenvalue weighted by molar-refractivity contribution is 5.72. The van der Waals surface area contributed by atoms with Crippen molar-refractivity contribution in [3.8, 4) is 0 Å². The lowest BCUT2D eigenvalue weighted by atomic mass is 9.87. The Morgan fingerprint density at radius 1 is 1.04 bits per heavy atom. The molecule has 1 aliphatic carbocycles. The van der Waals surface area contributed by atoms with E-state index in [-0.39, 0.29) is 36.2 Å². The molecular formula is C19H33NO6. The van der Waals surface area contributed by atoms with Crippen molar-refractivity contribution >= 4 is 12.1 Å². The molecular weight excluding hydrogens is 338 g/mol. The largest absolute Gasteiger partial charge is 0.469 e. The standard InChI is InChI=1S/C19H33NO6/c1-19(2,3)26-18(22)20-11-16(10-14(20)12-23-4)25-15-8-6-13(7-9-15)17(21)24-5/h13-16H,6-12H2,1-5H3/t13?,14-,15?,16+/m0/s1. The van der Waals surface area contributed by atoms with E-state index in [9.17, 15) is 9.59 Å². The molecule has 1 saturated carbocycles. The van der Waals surface area contributed by atoms with Crippen LogP contribution in [0.5, 0.6) is 0 Å². The van der Waals surface area contributed by atoms with E-state index in [1.54, 1.807) is 12.0 Å². The molecule has 1 heterocycles. The van der Waals surface area contributed by atoms with Crippen LogP contribution in [0.1, 0.15) is 52.9 Å². The molecule has 7 nitrogen and oxygen atoms in total. The van der Waals surface area contributed by atoms with Crippen LogP contribution < -0.4 is 0 Å². The Hall–Kier alpha value is -1.34. The number of ether oxygens (including phenoxy) is 4. The van der Waals surface area contributed by atoms with Crippen LogP contribution in [0.15, 0.2) is 0 Å². The molecule has 0 aromatic rings. The van der Waals surface area contributed by atoms with Crippen molar-refractivity contribution in [3.63, 3.8) is 0 Å². The van der Waals surface area contributed by atoms with E-state index in [0.29, 0.717) is 13.2 Å². The summed E-state index contributed by atoms with van der Waals surface area (Å²) >= 11 is 0. The van der Waals surface area contributed by atoms with Crippen LogP contribution in [-0.4, -0.2) is 68.2 Å². The first-order valence-electron chi connectivity index (χ1n) is 9.45. The molecule has 2 rings (SSSR count). The first-order chi connectivity index (χ1) is 12.2. The van der Waals surface area contributed by atoms with Gasteiger partial charge in [0.1, 0.15) is 5.60 Å².